The molecule has 5 N–H and O–H groups in total. The molecule has 3 amide bonds. The van der Waals surface area contributed by atoms with E-state index in [-0.39, 0.29) is 50.6 Å². The van der Waals surface area contributed by atoms with Gasteiger partial charge in [-0.3, -0.25) is 14.4 Å². The van der Waals surface area contributed by atoms with Crippen LogP contribution in [0.1, 0.15) is 82.6 Å². The molecular formula is C51H60N4O12. The van der Waals surface area contributed by atoms with E-state index in [9.17, 15) is 33.9 Å². The van der Waals surface area contributed by atoms with Crippen LogP contribution in [0.5, 0.6) is 0 Å². The normalized spacial score (nSPS) is 19.2. The zero-order valence-corrected chi connectivity index (χ0v) is 38.9. The van der Waals surface area contributed by atoms with Crippen molar-refractivity contribution in [3.05, 3.63) is 119 Å². The second-order valence-corrected chi connectivity index (χ2v) is 18.9. The number of rotatable bonds is 7. The van der Waals surface area contributed by atoms with Crippen LogP contribution in [0, 0.1) is 11.8 Å². The molecule has 16 nitrogen and oxygen atoms in total. The number of hydrogen-bond acceptors (Lipinski definition) is 11. The van der Waals surface area contributed by atoms with E-state index in [1.807, 2.05) is 60.7 Å². The summed E-state index contributed by atoms with van der Waals surface area (Å²) in [7, 11) is 0. The molecule has 2 saturated heterocycles. The summed E-state index contributed by atoms with van der Waals surface area (Å²) in [5.41, 5.74) is 13.8. The molecule has 4 aromatic carbocycles. The second kappa shape index (κ2) is 20.7. The monoisotopic (exact) mass is 920 g/mol. The van der Waals surface area contributed by atoms with Crippen LogP contribution in [0.4, 0.5) is 14.4 Å². The molecule has 0 aromatic heterocycles. The summed E-state index contributed by atoms with van der Waals surface area (Å²) in [6.07, 6.45) is -1.82. The number of benzene rings is 4. The third kappa shape index (κ3) is 12.3. The molecule has 0 unspecified atom stereocenters. The van der Waals surface area contributed by atoms with E-state index in [2.05, 4.69) is 41.7 Å². The Morgan fingerprint density at radius 1 is 0.567 bits per heavy atom. The summed E-state index contributed by atoms with van der Waals surface area (Å²) in [5, 5.41) is 21.1. The molecule has 16 heteroatoms. The molecule has 0 radical (unpaired) electrons. The van der Waals surface area contributed by atoms with Gasteiger partial charge in [0.15, 0.2) is 0 Å². The third-order valence-electron chi connectivity index (χ3n) is 11.7. The Morgan fingerprint density at radius 2 is 0.925 bits per heavy atom. The number of hydrogen-bond donors (Lipinski definition) is 4. The number of ether oxygens (including phenoxy) is 4. The van der Waals surface area contributed by atoms with Crippen LogP contribution in [-0.4, -0.2) is 119 Å². The molecule has 2 fully saturated rings. The number of nitrogens with zero attached hydrogens (tertiary/aromatic N) is 2. The van der Waals surface area contributed by atoms with Gasteiger partial charge in [0.1, 0.15) is 24.4 Å². The highest BCUT2D eigenvalue weighted by Gasteiger charge is 2.43. The van der Waals surface area contributed by atoms with Crippen molar-refractivity contribution in [2.24, 2.45) is 17.6 Å². The minimum Gasteiger partial charge on any atom is -0.481 e. The number of amides is 3. The molecular weight excluding hydrogens is 861 g/mol. The van der Waals surface area contributed by atoms with Gasteiger partial charge in [0.05, 0.1) is 17.9 Å². The molecule has 2 aliphatic heterocycles. The molecule has 4 aliphatic rings. The summed E-state index contributed by atoms with van der Waals surface area (Å²) < 4.78 is 21.2. The lowest BCUT2D eigenvalue weighted by Gasteiger charge is -2.24. The van der Waals surface area contributed by atoms with E-state index >= 15 is 0 Å². The molecule has 2 heterocycles. The molecule has 0 bridgehead atoms. The maximum atomic E-state index is 12.6. The Hall–Kier alpha value is -6.94. The highest BCUT2D eigenvalue weighted by atomic mass is 16.6. The minimum atomic E-state index is -1.09. The third-order valence-corrected chi connectivity index (χ3v) is 11.7. The predicted octanol–water partition coefficient (Wildman–Crippen LogP) is 7.47. The molecule has 4 atom stereocenters. The van der Waals surface area contributed by atoms with Crippen LogP contribution in [0.15, 0.2) is 97.1 Å². The lowest BCUT2D eigenvalue weighted by Crippen LogP contribution is -2.44. The van der Waals surface area contributed by atoms with Crippen molar-refractivity contribution in [3.63, 3.8) is 0 Å². The van der Waals surface area contributed by atoms with Gasteiger partial charge >= 0.3 is 36.2 Å². The summed E-state index contributed by atoms with van der Waals surface area (Å²) >= 11 is 0. The van der Waals surface area contributed by atoms with Gasteiger partial charge < -0.3 is 50.0 Å². The minimum absolute atomic E-state index is 0.0378. The molecule has 2 aliphatic carbocycles. The molecule has 8 rings (SSSR count). The van der Waals surface area contributed by atoms with Gasteiger partial charge in [-0.2, -0.15) is 0 Å². The first-order chi connectivity index (χ1) is 31.6. The number of carboxylic acid groups (broad SMARTS) is 2. The number of esters is 1. The number of aliphatic carboxylic acids is 2. The van der Waals surface area contributed by atoms with Crippen molar-refractivity contribution in [1.82, 2.24) is 15.1 Å². The lowest BCUT2D eigenvalue weighted by molar-refractivity contribution is -0.142. The van der Waals surface area contributed by atoms with Crippen LogP contribution in [0.25, 0.3) is 22.3 Å². The highest BCUT2D eigenvalue weighted by Crippen LogP contribution is 2.45. The highest BCUT2D eigenvalue weighted by molar-refractivity contribution is 5.81. The summed E-state index contributed by atoms with van der Waals surface area (Å²) in [6.45, 7) is 12.8. The fraction of sp³-hybridized carbons (Fsp3) is 0.412. The number of nitrogens with one attached hydrogen (secondary N) is 1. The molecule has 0 spiro atoms. The van der Waals surface area contributed by atoms with E-state index in [4.69, 9.17) is 29.8 Å². The standard InChI is InChI=1S/C25H28N2O6.C16H14O2.C10H18N2O4/c1-25(2,3)33-24(31)27-12-19(22(28)29)21(13-27)26-23(30)32-14-20-17-10-6-4-8-15(17)16-9-5-7-11-18(16)20;1-11(17)18-10-16-14-8-4-2-6-12(14)13-7-3-5-9-15(13)16;1-10(2,3)16-9(15)12-4-6(8(13)14)7(11)5-12/h4-11,19-21H,12-14H2,1-3H3,(H,26,30)(H,28,29);2-9,16H,10H2,1H3;6-7H,4-5,11H2,1-3H3,(H,13,14)/t19-,21-;;6-,7-/m1.1/s1. The topological polar surface area (TPSA) is 224 Å². The van der Waals surface area contributed by atoms with Crippen LogP contribution >= 0.6 is 0 Å². The number of nitrogens with two attached hydrogens (primary N) is 1. The number of fused-ring (bicyclic) bond motifs is 6. The average molecular weight is 921 g/mol. The Bertz CT molecular complexity index is 2390. The van der Waals surface area contributed by atoms with Crippen molar-refractivity contribution in [3.8, 4) is 22.3 Å². The van der Waals surface area contributed by atoms with Crippen LogP contribution < -0.4 is 11.1 Å². The number of alkyl carbamates (subject to hydrolysis) is 1. The Balaban J connectivity index is 0.000000183. The number of carbonyl (C=O) groups excluding carboxylic acids is 4. The van der Waals surface area contributed by atoms with Crippen molar-refractivity contribution >= 4 is 36.2 Å². The van der Waals surface area contributed by atoms with Gasteiger partial charge in [-0.15, -0.1) is 0 Å². The molecule has 356 valence electrons. The van der Waals surface area contributed by atoms with E-state index < -0.39 is 65.3 Å². The van der Waals surface area contributed by atoms with Crippen molar-refractivity contribution in [1.29, 1.82) is 0 Å². The van der Waals surface area contributed by atoms with Gasteiger partial charge in [-0.05, 0) is 86.1 Å². The molecule has 0 saturated carbocycles. The van der Waals surface area contributed by atoms with E-state index in [0.717, 1.165) is 22.3 Å². The predicted molar refractivity (Wildman–Crippen MR) is 248 cm³/mol. The fourth-order valence-electron chi connectivity index (χ4n) is 8.67. The zero-order chi connectivity index (χ0) is 48.8. The van der Waals surface area contributed by atoms with Crippen molar-refractivity contribution < 1.29 is 57.9 Å². The first-order valence-corrected chi connectivity index (χ1v) is 22.2. The van der Waals surface area contributed by atoms with Gasteiger partial charge in [0.2, 0.25) is 0 Å². The van der Waals surface area contributed by atoms with E-state index in [1.54, 1.807) is 41.5 Å². The van der Waals surface area contributed by atoms with Gasteiger partial charge in [-0.25, -0.2) is 14.4 Å². The molecule has 67 heavy (non-hydrogen) atoms. The van der Waals surface area contributed by atoms with Crippen molar-refractivity contribution in [2.45, 2.75) is 83.6 Å². The smallest absolute Gasteiger partial charge is 0.410 e. The summed E-state index contributed by atoms with van der Waals surface area (Å²) in [4.78, 5) is 72.8. The van der Waals surface area contributed by atoms with E-state index in [1.165, 1.54) is 39.0 Å². The van der Waals surface area contributed by atoms with Gasteiger partial charge in [0, 0.05) is 51.0 Å². The quantitative estimate of drug-likeness (QED) is 0.104. The van der Waals surface area contributed by atoms with Crippen LogP contribution in [-0.2, 0) is 33.3 Å². The van der Waals surface area contributed by atoms with Crippen LogP contribution in [0.2, 0.25) is 0 Å². The fourth-order valence-corrected chi connectivity index (χ4v) is 8.67. The molecule has 4 aromatic rings. The Kier molecular flexibility index (Phi) is 15.3. The summed E-state index contributed by atoms with van der Waals surface area (Å²) in [6, 6.07) is 31.4. The maximum Gasteiger partial charge on any atom is 0.410 e. The summed E-state index contributed by atoms with van der Waals surface area (Å²) in [5.74, 6) is -3.87. The first kappa shape index (κ1) is 49.5. The van der Waals surface area contributed by atoms with Crippen molar-refractivity contribution in [2.75, 3.05) is 39.4 Å². The van der Waals surface area contributed by atoms with Gasteiger partial charge in [-0.1, -0.05) is 97.1 Å². The zero-order valence-electron chi connectivity index (χ0n) is 38.9. The second-order valence-electron chi connectivity index (χ2n) is 18.9. The number of carboxylic acids is 2. The van der Waals surface area contributed by atoms with Crippen LogP contribution in [0.3, 0.4) is 0 Å². The number of likely N-dealkylation sites (tertiary alicyclic amines) is 2. The lowest BCUT2D eigenvalue weighted by atomic mass is 9.98. The van der Waals surface area contributed by atoms with E-state index in [0.29, 0.717) is 6.61 Å². The Labute approximate surface area is 390 Å². The first-order valence-electron chi connectivity index (χ1n) is 22.2. The number of carbonyl (C=O) groups is 6. The maximum absolute atomic E-state index is 12.6. The Morgan fingerprint density at radius 3 is 1.28 bits per heavy atom. The largest absolute Gasteiger partial charge is 0.481 e. The SMILES string of the molecule is CC(=O)OCC1c2ccccc2-c2ccccc21.CC(C)(C)OC(=O)N1C[C@@H](N)[C@H](C(=O)O)C1.CC(C)(C)OC(=O)N1C[C@@H](NC(=O)OCC2c3ccccc3-c3ccccc32)[C@H](C(=O)O)C1. The average Bonchev–Trinajstić information content (AvgIpc) is 4.03. The van der Waals surface area contributed by atoms with Gasteiger partial charge in [0.25, 0.3) is 0 Å².